The fraction of sp³-hybridized carbons (Fsp3) is 0.250. The minimum absolute atomic E-state index is 0.557. The molecular formula is C12H11N3OS. The molecule has 86 valence electrons. The molecule has 2 heterocycles. The summed E-state index contributed by atoms with van der Waals surface area (Å²) in [6.07, 6.45) is 0. The van der Waals surface area contributed by atoms with Gasteiger partial charge in [-0.1, -0.05) is 0 Å². The first kappa shape index (κ1) is 11.7. The molecule has 4 nitrogen and oxygen atoms in total. The summed E-state index contributed by atoms with van der Waals surface area (Å²) in [4.78, 5) is 8.59. The molecule has 0 aromatic carbocycles. The lowest BCUT2D eigenvalue weighted by atomic mass is 10.2. The van der Waals surface area contributed by atoms with Gasteiger partial charge in [-0.3, -0.25) is 0 Å². The van der Waals surface area contributed by atoms with Gasteiger partial charge in [0.05, 0.1) is 17.3 Å². The molecule has 0 unspecified atom stereocenters. The zero-order chi connectivity index (χ0) is 12.4. The van der Waals surface area contributed by atoms with Crippen molar-refractivity contribution in [2.24, 2.45) is 0 Å². The Morgan fingerprint density at radius 2 is 2.00 bits per heavy atom. The van der Waals surface area contributed by atoms with Gasteiger partial charge >= 0.3 is 0 Å². The van der Waals surface area contributed by atoms with Crippen LogP contribution in [0.5, 0.6) is 0 Å². The summed E-state index contributed by atoms with van der Waals surface area (Å²) < 4.78 is 5.46. The Balaban J connectivity index is 2.30. The topological polar surface area (TPSA) is 62.7 Å². The molecule has 0 aliphatic carbocycles. The van der Waals surface area contributed by atoms with Crippen molar-refractivity contribution in [1.82, 2.24) is 9.97 Å². The molecule has 0 radical (unpaired) electrons. The van der Waals surface area contributed by atoms with E-state index in [1.807, 2.05) is 20.8 Å². The molecule has 0 saturated heterocycles. The van der Waals surface area contributed by atoms with Gasteiger partial charge in [-0.2, -0.15) is 5.26 Å². The van der Waals surface area contributed by atoms with E-state index < -0.39 is 0 Å². The summed E-state index contributed by atoms with van der Waals surface area (Å²) in [6, 6.07) is 5.58. The minimum atomic E-state index is 0.557. The van der Waals surface area contributed by atoms with E-state index in [0.717, 1.165) is 22.2 Å². The van der Waals surface area contributed by atoms with Gasteiger partial charge in [-0.25, -0.2) is 9.97 Å². The van der Waals surface area contributed by atoms with Crippen LogP contribution in [-0.2, 0) is 0 Å². The van der Waals surface area contributed by atoms with Crippen LogP contribution in [-0.4, -0.2) is 9.97 Å². The van der Waals surface area contributed by atoms with E-state index in [0.29, 0.717) is 10.8 Å². The van der Waals surface area contributed by atoms with E-state index in [9.17, 15) is 0 Å². The molecule has 0 saturated carbocycles. The number of aromatic nitrogens is 2. The highest BCUT2D eigenvalue weighted by molar-refractivity contribution is 7.99. The van der Waals surface area contributed by atoms with E-state index in [2.05, 4.69) is 16.0 Å². The molecule has 0 bridgehead atoms. The Bertz CT molecular complexity index is 579. The lowest BCUT2D eigenvalue weighted by Crippen LogP contribution is -1.87. The number of pyridine rings is 1. The molecule has 0 aliphatic rings. The maximum atomic E-state index is 8.87. The van der Waals surface area contributed by atoms with Crippen molar-refractivity contribution in [2.45, 2.75) is 31.0 Å². The standard InChI is InChI=1S/C12H11N3OS/c1-7-4-10(6-13)5-11(14-7)17-12-15-8(2)9(3)16-12/h4-5H,1-3H3. The molecule has 5 heteroatoms. The second kappa shape index (κ2) is 4.60. The molecule has 2 rings (SSSR count). The molecule has 17 heavy (non-hydrogen) atoms. The molecule has 2 aromatic rings. The highest BCUT2D eigenvalue weighted by atomic mass is 32.2. The Morgan fingerprint density at radius 1 is 1.24 bits per heavy atom. The smallest absolute Gasteiger partial charge is 0.262 e. The molecule has 0 atom stereocenters. The summed E-state index contributed by atoms with van der Waals surface area (Å²) in [5.74, 6) is 0.806. The quantitative estimate of drug-likeness (QED) is 0.813. The van der Waals surface area contributed by atoms with E-state index in [4.69, 9.17) is 9.68 Å². The van der Waals surface area contributed by atoms with E-state index in [1.165, 1.54) is 11.8 Å². The largest absolute Gasteiger partial charge is 0.436 e. The average molecular weight is 245 g/mol. The first-order valence-electron chi connectivity index (χ1n) is 5.09. The number of hydrogen-bond donors (Lipinski definition) is 0. The van der Waals surface area contributed by atoms with Crippen LogP contribution in [0.3, 0.4) is 0 Å². The van der Waals surface area contributed by atoms with Gasteiger partial charge in [0, 0.05) is 5.69 Å². The third-order valence-corrected chi connectivity index (χ3v) is 3.03. The maximum Gasteiger partial charge on any atom is 0.262 e. The summed E-state index contributed by atoms with van der Waals surface area (Å²) in [6.45, 7) is 5.63. The van der Waals surface area contributed by atoms with Gasteiger partial charge in [-0.15, -0.1) is 0 Å². The van der Waals surface area contributed by atoms with Crippen molar-refractivity contribution in [1.29, 1.82) is 5.26 Å². The Kier molecular flexibility index (Phi) is 3.16. The van der Waals surface area contributed by atoms with Crippen LogP contribution in [0.1, 0.15) is 22.7 Å². The molecule has 0 aliphatic heterocycles. The van der Waals surface area contributed by atoms with Gasteiger partial charge < -0.3 is 4.42 Å². The zero-order valence-corrected chi connectivity index (χ0v) is 10.6. The summed E-state index contributed by atoms with van der Waals surface area (Å²) in [7, 11) is 0. The van der Waals surface area contributed by atoms with Crippen molar-refractivity contribution >= 4 is 11.8 Å². The molecule has 0 fully saturated rings. The normalized spacial score (nSPS) is 10.2. The molecule has 2 aromatic heterocycles. The van der Waals surface area contributed by atoms with E-state index in [-0.39, 0.29) is 0 Å². The predicted octanol–water partition coefficient (Wildman–Crippen LogP) is 3.02. The van der Waals surface area contributed by atoms with Crippen molar-refractivity contribution in [3.05, 3.63) is 34.8 Å². The van der Waals surface area contributed by atoms with Crippen molar-refractivity contribution in [3.63, 3.8) is 0 Å². The number of nitriles is 1. The lowest BCUT2D eigenvalue weighted by Gasteiger charge is -1.99. The number of aryl methyl sites for hydroxylation is 3. The fourth-order valence-electron chi connectivity index (χ4n) is 1.33. The second-order valence-electron chi connectivity index (χ2n) is 3.67. The van der Waals surface area contributed by atoms with Crippen molar-refractivity contribution < 1.29 is 4.42 Å². The van der Waals surface area contributed by atoms with E-state index in [1.54, 1.807) is 12.1 Å². The van der Waals surface area contributed by atoms with Crippen molar-refractivity contribution in [3.8, 4) is 6.07 Å². The number of rotatable bonds is 2. The van der Waals surface area contributed by atoms with Crippen LogP contribution in [0.4, 0.5) is 0 Å². The number of nitrogens with zero attached hydrogens (tertiary/aromatic N) is 3. The predicted molar refractivity (Wildman–Crippen MR) is 63.8 cm³/mol. The minimum Gasteiger partial charge on any atom is -0.436 e. The molecule has 0 N–H and O–H groups in total. The van der Waals surface area contributed by atoms with Gasteiger partial charge in [0.2, 0.25) is 0 Å². The Hall–Kier alpha value is -1.80. The Morgan fingerprint density at radius 3 is 2.59 bits per heavy atom. The molecular weight excluding hydrogens is 234 g/mol. The first-order chi connectivity index (χ1) is 8.08. The van der Waals surface area contributed by atoms with Crippen molar-refractivity contribution in [2.75, 3.05) is 0 Å². The van der Waals surface area contributed by atoms with Crippen LogP contribution in [0.15, 0.2) is 26.8 Å². The Labute approximate surface area is 104 Å². The zero-order valence-electron chi connectivity index (χ0n) is 9.81. The van der Waals surface area contributed by atoms with Gasteiger partial charge in [-0.05, 0) is 44.7 Å². The SMILES string of the molecule is Cc1cc(C#N)cc(Sc2nc(C)c(C)o2)n1. The van der Waals surface area contributed by atoms with Crippen LogP contribution in [0.25, 0.3) is 0 Å². The average Bonchev–Trinajstić information content (AvgIpc) is 2.57. The van der Waals surface area contributed by atoms with Crippen LogP contribution in [0.2, 0.25) is 0 Å². The van der Waals surface area contributed by atoms with Gasteiger partial charge in [0.15, 0.2) is 0 Å². The number of hydrogen-bond acceptors (Lipinski definition) is 5. The number of oxazole rings is 1. The highest BCUT2D eigenvalue weighted by Crippen LogP contribution is 2.27. The highest BCUT2D eigenvalue weighted by Gasteiger charge is 2.09. The maximum absolute atomic E-state index is 8.87. The van der Waals surface area contributed by atoms with E-state index >= 15 is 0 Å². The third-order valence-electron chi connectivity index (χ3n) is 2.26. The molecule has 0 spiro atoms. The second-order valence-corrected chi connectivity index (χ2v) is 4.64. The fourth-order valence-corrected chi connectivity index (χ4v) is 2.24. The van der Waals surface area contributed by atoms with Crippen LogP contribution in [0, 0.1) is 32.1 Å². The monoisotopic (exact) mass is 245 g/mol. The summed E-state index contributed by atoms with van der Waals surface area (Å²) >= 11 is 1.33. The lowest BCUT2D eigenvalue weighted by molar-refractivity contribution is 0.431. The van der Waals surface area contributed by atoms with Crippen LogP contribution < -0.4 is 0 Å². The first-order valence-corrected chi connectivity index (χ1v) is 5.91. The van der Waals surface area contributed by atoms with Crippen LogP contribution >= 0.6 is 11.8 Å². The summed E-state index contributed by atoms with van der Waals surface area (Å²) in [5.41, 5.74) is 2.28. The van der Waals surface area contributed by atoms with Gasteiger partial charge in [0.1, 0.15) is 10.8 Å². The summed E-state index contributed by atoms with van der Waals surface area (Å²) in [5, 5.41) is 10.2. The third kappa shape index (κ3) is 2.66. The van der Waals surface area contributed by atoms with Gasteiger partial charge in [0.25, 0.3) is 5.22 Å². The molecule has 0 amide bonds.